The van der Waals surface area contributed by atoms with Gasteiger partial charge in [-0.25, -0.2) is 0 Å². The maximum absolute atomic E-state index is 12.9. The first-order valence-electron chi connectivity index (χ1n) is 4.98. The summed E-state index contributed by atoms with van der Waals surface area (Å²) < 4.78 is 44.0. The van der Waals surface area contributed by atoms with Crippen LogP contribution in [0.5, 0.6) is 5.75 Å². The molecule has 1 aromatic rings. The number of rotatable bonds is 4. The summed E-state index contributed by atoms with van der Waals surface area (Å²) in [5.41, 5.74) is -0.869. The largest absolute Gasteiger partial charge is 0.489 e. The third kappa shape index (κ3) is 4.78. The van der Waals surface area contributed by atoms with Gasteiger partial charge in [-0.1, -0.05) is 23.2 Å². The predicted octanol–water partition coefficient (Wildman–Crippen LogP) is 5.21. The fourth-order valence-electron chi connectivity index (χ4n) is 1.34. The number of hydrogen-bond acceptors (Lipinski definition) is 2. The number of halogens is 6. The summed E-state index contributed by atoms with van der Waals surface area (Å²) >= 11 is 13.8. The molecule has 0 amide bonds. The Morgan fingerprint density at radius 3 is 2.53 bits per heavy atom. The van der Waals surface area contributed by atoms with Crippen molar-refractivity contribution >= 4 is 44.8 Å². The average molecular weight is 379 g/mol. The number of alkyl halides is 3. The first-order valence-corrected chi connectivity index (χ1v) is 6.53. The van der Waals surface area contributed by atoms with Crippen LogP contribution < -0.4 is 10.1 Å². The zero-order valence-corrected chi connectivity index (χ0v) is 12.7. The van der Waals surface area contributed by atoms with Gasteiger partial charge in [0.2, 0.25) is 0 Å². The van der Waals surface area contributed by atoms with Crippen molar-refractivity contribution in [2.45, 2.75) is 6.18 Å². The quantitative estimate of drug-likeness (QED) is 0.776. The van der Waals surface area contributed by atoms with E-state index in [9.17, 15) is 13.2 Å². The number of nitrogens with one attached hydrogen (secondary N) is 1. The van der Waals surface area contributed by atoms with Crippen LogP contribution in [0.15, 0.2) is 27.2 Å². The molecule has 0 aliphatic heterocycles. The van der Waals surface area contributed by atoms with Crippen molar-refractivity contribution in [3.8, 4) is 5.75 Å². The van der Waals surface area contributed by atoms with E-state index in [1.807, 2.05) is 0 Å². The summed E-state index contributed by atoms with van der Waals surface area (Å²) in [6.07, 6.45) is -3.16. The normalized spacial score (nSPS) is 11.1. The van der Waals surface area contributed by atoms with Gasteiger partial charge >= 0.3 is 6.18 Å². The maximum atomic E-state index is 12.9. The molecule has 0 heterocycles. The minimum Gasteiger partial charge on any atom is -0.489 e. The highest BCUT2D eigenvalue weighted by molar-refractivity contribution is 9.10. The predicted molar refractivity (Wildman–Crippen MR) is 74.0 cm³/mol. The lowest BCUT2D eigenvalue weighted by Crippen LogP contribution is -2.10. The van der Waals surface area contributed by atoms with Crippen LogP contribution in [0, 0.1) is 0 Å². The van der Waals surface area contributed by atoms with Gasteiger partial charge in [0.1, 0.15) is 16.8 Å². The van der Waals surface area contributed by atoms with Gasteiger partial charge in [0, 0.05) is 11.5 Å². The summed E-state index contributed by atoms with van der Waals surface area (Å²) in [6, 6.07) is 2.34. The molecule has 19 heavy (non-hydrogen) atoms. The van der Waals surface area contributed by atoms with E-state index in [1.165, 1.54) is 19.2 Å². The summed E-state index contributed by atoms with van der Waals surface area (Å²) in [7, 11) is 1.41. The standard InChI is InChI=1S/C11H9BrCl2F3NO/c1-18-10-7(11(15,16)17)4-6(5-8(10)12)19-3-2-9(13)14/h2,4-5,18H,3H2,1H3. The second-order valence-electron chi connectivity index (χ2n) is 3.38. The molecule has 0 spiro atoms. The number of hydrogen-bond donors (Lipinski definition) is 1. The van der Waals surface area contributed by atoms with Crippen LogP contribution in [0.4, 0.5) is 18.9 Å². The molecule has 0 bridgehead atoms. The van der Waals surface area contributed by atoms with Gasteiger partial charge in [-0.3, -0.25) is 0 Å². The molecular formula is C11H9BrCl2F3NO. The molecule has 0 saturated carbocycles. The lowest BCUT2D eigenvalue weighted by atomic mass is 10.1. The van der Waals surface area contributed by atoms with E-state index in [-0.39, 0.29) is 27.0 Å². The Labute approximate surface area is 126 Å². The smallest absolute Gasteiger partial charge is 0.418 e. The van der Waals surface area contributed by atoms with Crippen molar-refractivity contribution < 1.29 is 17.9 Å². The van der Waals surface area contributed by atoms with Crippen molar-refractivity contribution in [2.75, 3.05) is 19.0 Å². The van der Waals surface area contributed by atoms with Crippen molar-refractivity contribution in [2.24, 2.45) is 0 Å². The van der Waals surface area contributed by atoms with E-state index in [4.69, 9.17) is 27.9 Å². The van der Waals surface area contributed by atoms with Gasteiger partial charge < -0.3 is 10.1 Å². The molecular weight excluding hydrogens is 370 g/mol. The third-order valence-corrected chi connectivity index (χ3v) is 3.04. The SMILES string of the molecule is CNc1c(Br)cc(OCC=C(Cl)Cl)cc1C(F)(F)F. The molecule has 0 unspecified atom stereocenters. The molecule has 0 aromatic heterocycles. The summed E-state index contributed by atoms with van der Waals surface area (Å²) in [6.45, 7) is -0.0228. The highest BCUT2D eigenvalue weighted by Gasteiger charge is 2.35. The van der Waals surface area contributed by atoms with Gasteiger partial charge in [-0.15, -0.1) is 0 Å². The Hall–Kier alpha value is -0.590. The monoisotopic (exact) mass is 377 g/mol. The first-order chi connectivity index (χ1) is 8.75. The molecule has 1 N–H and O–H groups in total. The highest BCUT2D eigenvalue weighted by Crippen LogP contribution is 2.41. The molecule has 0 radical (unpaired) electrons. The minimum atomic E-state index is -4.49. The topological polar surface area (TPSA) is 21.3 Å². The lowest BCUT2D eigenvalue weighted by molar-refractivity contribution is -0.137. The number of benzene rings is 1. The third-order valence-electron chi connectivity index (χ3n) is 2.11. The van der Waals surface area contributed by atoms with E-state index in [0.717, 1.165) is 6.07 Å². The van der Waals surface area contributed by atoms with Crippen molar-refractivity contribution in [3.63, 3.8) is 0 Å². The fraction of sp³-hybridized carbons (Fsp3) is 0.273. The Kier molecular flexibility index (Phi) is 5.82. The van der Waals surface area contributed by atoms with Gasteiger partial charge in [0.05, 0.1) is 11.3 Å². The zero-order chi connectivity index (χ0) is 14.6. The van der Waals surface area contributed by atoms with Crippen LogP contribution in [0.25, 0.3) is 0 Å². The van der Waals surface area contributed by atoms with Crippen LogP contribution in [-0.2, 0) is 6.18 Å². The van der Waals surface area contributed by atoms with E-state index in [2.05, 4.69) is 21.2 Å². The van der Waals surface area contributed by atoms with Crippen molar-refractivity contribution in [3.05, 3.63) is 32.7 Å². The first kappa shape index (κ1) is 16.5. The summed E-state index contributed by atoms with van der Waals surface area (Å²) in [5.74, 6) is 0.0593. The lowest BCUT2D eigenvalue weighted by Gasteiger charge is -2.16. The molecule has 2 nitrogen and oxygen atoms in total. The Balaban J connectivity index is 3.10. The van der Waals surface area contributed by atoms with Crippen LogP contribution in [0.2, 0.25) is 0 Å². The van der Waals surface area contributed by atoms with Gasteiger partial charge in [-0.2, -0.15) is 13.2 Å². The van der Waals surface area contributed by atoms with E-state index in [0.29, 0.717) is 0 Å². The van der Waals surface area contributed by atoms with Crippen LogP contribution in [-0.4, -0.2) is 13.7 Å². The molecule has 0 atom stereocenters. The van der Waals surface area contributed by atoms with Gasteiger partial charge in [-0.05, 0) is 34.1 Å². The fourth-order valence-corrected chi connectivity index (χ4v) is 2.11. The van der Waals surface area contributed by atoms with Crippen LogP contribution in [0.1, 0.15) is 5.56 Å². The molecule has 106 valence electrons. The highest BCUT2D eigenvalue weighted by atomic mass is 79.9. The molecule has 1 aromatic carbocycles. The zero-order valence-electron chi connectivity index (χ0n) is 9.62. The van der Waals surface area contributed by atoms with E-state index in [1.54, 1.807) is 0 Å². The Bertz CT molecular complexity index is 488. The second-order valence-corrected chi connectivity index (χ2v) is 5.24. The molecule has 0 aliphatic rings. The van der Waals surface area contributed by atoms with Gasteiger partial charge in [0.25, 0.3) is 0 Å². The molecule has 0 fully saturated rings. The van der Waals surface area contributed by atoms with E-state index < -0.39 is 11.7 Å². The number of ether oxygens (including phenoxy) is 1. The Morgan fingerprint density at radius 1 is 1.42 bits per heavy atom. The van der Waals surface area contributed by atoms with Crippen molar-refractivity contribution in [1.29, 1.82) is 0 Å². The van der Waals surface area contributed by atoms with Crippen molar-refractivity contribution in [1.82, 2.24) is 0 Å². The summed E-state index contributed by atoms with van der Waals surface area (Å²) in [5, 5.41) is 2.50. The molecule has 0 aliphatic carbocycles. The van der Waals surface area contributed by atoms with Gasteiger partial charge in [0.15, 0.2) is 0 Å². The Morgan fingerprint density at radius 2 is 2.05 bits per heavy atom. The molecule has 0 saturated heterocycles. The molecule has 1 rings (SSSR count). The summed E-state index contributed by atoms with van der Waals surface area (Å²) in [4.78, 5) is 0. The minimum absolute atomic E-state index is 0.0121. The maximum Gasteiger partial charge on any atom is 0.418 e. The average Bonchev–Trinajstić information content (AvgIpc) is 2.26. The van der Waals surface area contributed by atoms with Crippen LogP contribution in [0.3, 0.4) is 0 Å². The molecule has 8 heteroatoms. The van der Waals surface area contributed by atoms with Crippen LogP contribution >= 0.6 is 39.1 Å². The van der Waals surface area contributed by atoms with E-state index >= 15 is 0 Å². The number of anilines is 1. The second kappa shape index (κ2) is 6.72.